The first-order chi connectivity index (χ1) is 8.16. The molecule has 4 nitrogen and oxygen atoms in total. The van der Waals surface area contributed by atoms with E-state index in [2.05, 4.69) is 15.3 Å². The van der Waals surface area contributed by atoms with Crippen LogP contribution in [0, 0.1) is 13.8 Å². The van der Waals surface area contributed by atoms with E-state index in [-0.39, 0.29) is 0 Å². The van der Waals surface area contributed by atoms with Crippen molar-refractivity contribution < 1.29 is 0 Å². The molecule has 1 aromatic carbocycles. The molecule has 88 valence electrons. The number of nitrogen functional groups attached to an aromatic ring is 1. The van der Waals surface area contributed by atoms with Crippen molar-refractivity contribution in [1.29, 1.82) is 0 Å². The van der Waals surface area contributed by atoms with Crippen molar-refractivity contribution in [2.45, 2.75) is 20.4 Å². The summed E-state index contributed by atoms with van der Waals surface area (Å²) in [5, 5.41) is 3.26. The van der Waals surface area contributed by atoms with Crippen LogP contribution in [0.3, 0.4) is 0 Å². The van der Waals surface area contributed by atoms with E-state index in [0.717, 1.165) is 28.3 Å². The summed E-state index contributed by atoms with van der Waals surface area (Å²) >= 11 is 0. The van der Waals surface area contributed by atoms with E-state index in [0.29, 0.717) is 6.54 Å². The zero-order chi connectivity index (χ0) is 12.3. The molecular formula is C13H16N4. The average molecular weight is 228 g/mol. The van der Waals surface area contributed by atoms with E-state index < -0.39 is 0 Å². The van der Waals surface area contributed by atoms with Crippen molar-refractivity contribution in [3.63, 3.8) is 0 Å². The largest absolute Gasteiger partial charge is 0.397 e. The van der Waals surface area contributed by atoms with Crippen LogP contribution in [-0.2, 0) is 6.54 Å². The summed E-state index contributed by atoms with van der Waals surface area (Å²) in [5.74, 6) is 0. The molecule has 1 heterocycles. The molecule has 3 N–H and O–H groups in total. The maximum absolute atomic E-state index is 5.97. The minimum absolute atomic E-state index is 0.626. The molecular weight excluding hydrogens is 212 g/mol. The van der Waals surface area contributed by atoms with Crippen LogP contribution in [0.25, 0.3) is 0 Å². The van der Waals surface area contributed by atoms with Gasteiger partial charge < -0.3 is 11.1 Å². The fourth-order valence-electron chi connectivity index (χ4n) is 1.53. The standard InChI is InChI=1S/C13H16N4/c1-9-4-3-5-12(13(9)14)17-8-11-7-15-10(2)6-16-11/h3-7,17H,8,14H2,1-2H3. The molecule has 0 saturated carbocycles. The Hall–Kier alpha value is -2.10. The third-order valence-electron chi connectivity index (χ3n) is 2.62. The first-order valence-electron chi connectivity index (χ1n) is 5.53. The Balaban J connectivity index is 2.07. The van der Waals surface area contributed by atoms with Crippen molar-refractivity contribution >= 4 is 11.4 Å². The van der Waals surface area contributed by atoms with Gasteiger partial charge in [-0.3, -0.25) is 9.97 Å². The highest BCUT2D eigenvalue weighted by Crippen LogP contribution is 2.21. The van der Waals surface area contributed by atoms with Crippen LogP contribution in [0.1, 0.15) is 17.0 Å². The fraction of sp³-hybridized carbons (Fsp3) is 0.231. The molecule has 4 heteroatoms. The lowest BCUT2D eigenvalue weighted by atomic mass is 10.1. The van der Waals surface area contributed by atoms with Gasteiger partial charge in [0.15, 0.2) is 0 Å². The molecule has 0 radical (unpaired) electrons. The van der Waals surface area contributed by atoms with Gasteiger partial charge in [-0.2, -0.15) is 0 Å². The van der Waals surface area contributed by atoms with Gasteiger partial charge in [-0.1, -0.05) is 12.1 Å². The quantitative estimate of drug-likeness (QED) is 0.791. The molecule has 0 aliphatic rings. The average Bonchev–Trinajstić information content (AvgIpc) is 2.33. The SMILES string of the molecule is Cc1cnc(CNc2cccc(C)c2N)cn1. The summed E-state index contributed by atoms with van der Waals surface area (Å²) in [5.41, 5.74) is 10.6. The predicted molar refractivity (Wildman–Crippen MR) is 69.7 cm³/mol. The molecule has 0 bridgehead atoms. The molecule has 0 atom stereocenters. The second-order valence-corrected chi connectivity index (χ2v) is 4.04. The van der Waals surface area contributed by atoms with Gasteiger partial charge in [-0.25, -0.2) is 0 Å². The number of rotatable bonds is 3. The van der Waals surface area contributed by atoms with Crippen LogP contribution in [-0.4, -0.2) is 9.97 Å². The Bertz CT molecular complexity index is 505. The molecule has 1 aromatic heterocycles. The molecule has 2 aromatic rings. The highest BCUT2D eigenvalue weighted by molar-refractivity contribution is 5.69. The summed E-state index contributed by atoms with van der Waals surface area (Å²) in [6.07, 6.45) is 3.53. The van der Waals surface area contributed by atoms with Gasteiger partial charge in [0.25, 0.3) is 0 Å². The number of hydrogen-bond acceptors (Lipinski definition) is 4. The zero-order valence-corrected chi connectivity index (χ0v) is 10.1. The monoisotopic (exact) mass is 228 g/mol. The van der Waals surface area contributed by atoms with Crippen LogP contribution in [0.4, 0.5) is 11.4 Å². The smallest absolute Gasteiger partial charge is 0.0777 e. The molecule has 0 unspecified atom stereocenters. The van der Waals surface area contributed by atoms with E-state index in [9.17, 15) is 0 Å². The van der Waals surface area contributed by atoms with Crippen molar-refractivity contribution in [3.05, 3.63) is 47.5 Å². The lowest BCUT2D eigenvalue weighted by Crippen LogP contribution is -2.05. The van der Waals surface area contributed by atoms with Gasteiger partial charge in [-0.05, 0) is 25.5 Å². The predicted octanol–water partition coefficient (Wildman–Crippen LogP) is 2.29. The Morgan fingerprint density at radius 3 is 2.71 bits per heavy atom. The van der Waals surface area contributed by atoms with Crippen LogP contribution in [0.2, 0.25) is 0 Å². The zero-order valence-electron chi connectivity index (χ0n) is 10.1. The molecule has 0 aliphatic heterocycles. The van der Waals surface area contributed by atoms with Crippen LogP contribution in [0.15, 0.2) is 30.6 Å². The normalized spacial score (nSPS) is 10.2. The number of para-hydroxylation sites is 1. The third kappa shape index (κ3) is 2.72. The first-order valence-corrected chi connectivity index (χ1v) is 5.53. The Labute approximate surface area is 101 Å². The van der Waals surface area contributed by atoms with E-state index >= 15 is 0 Å². The van der Waals surface area contributed by atoms with Gasteiger partial charge >= 0.3 is 0 Å². The van der Waals surface area contributed by atoms with Gasteiger partial charge in [0.2, 0.25) is 0 Å². The number of aromatic nitrogens is 2. The number of benzene rings is 1. The van der Waals surface area contributed by atoms with Crippen LogP contribution >= 0.6 is 0 Å². The Kier molecular flexibility index (Phi) is 3.23. The van der Waals surface area contributed by atoms with E-state index in [4.69, 9.17) is 5.73 Å². The third-order valence-corrected chi connectivity index (χ3v) is 2.62. The van der Waals surface area contributed by atoms with E-state index in [1.165, 1.54) is 0 Å². The summed E-state index contributed by atoms with van der Waals surface area (Å²) in [4.78, 5) is 8.48. The van der Waals surface area contributed by atoms with Gasteiger partial charge in [0.1, 0.15) is 0 Å². The maximum atomic E-state index is 5.97. The highest BCUT2D eigenvalue weighted by atomic mass is 14.9. The van der Waals surface area contributed by atoms with Gasteiger partial charge in [0, 0.05) is 6.20 Å². The highest BCUT2D eigenvalue weighted by Gasteiger charge is 2.01. The topological polar surface area (TPSA) is 63.8 Å². The summed E-state index contributed by atoms with van der Waals surface area (Å²) in [6, 6.07) is 5.94. The lowest BCUT2D eigenvalue weighted by molar-refractivity contribution is 0.985. The minimum Gasteiger partial charge on any atom is -0.397 e. The van der Waals surface area contributed by atoms with Crippen molar-refractivity contribution in [3.8, 4) is 0 Å². The summed E-state index contributed by atoms with van der Waals surface area (Å²) in [7, 11) is 0. The molecule has 0 aliphatic carbocycles. The maximum Gasteiger partial charge on any atom is 0.0777 e. The molecule has 2 rings (SSSR count). The van der Waals surface area contributed by atoms with Crippen molar-refractivity contribution in [1.82, 2.24) is 9.97 Å². The number of nitrogens with two attached hydrogens (primary N) is 1. The number of anilines is 2. The van der Waals surface area contributed by atoms with Crippen LogP contribution in [0.5, 0.6) is 0 Å². The van der Waals surface area contributed by atoms with Gasteiger partial charge in [-0.15, -0.1) is 0 Å². The molecule has 0 amide bonds. The Morgan fingerprint density at radius 2 is 2.00 bits per heavy atom. The first kappa shape index (κ1) is 11.4. The molecule has 0 spiro atoms. The number of aryl methyl sites for hydroxylation is 2. The van der Waals surface area contributed by atoms with Crippen LogP contribution < -0.4 is 11.1 Å². The summed E-state index contributed by atoms with van der Waals surface area (Å²) < 4.78 is 0. The van der Waals surface area contributed by atoms with E-state index in [1.54, 1.807) is 12.4 Å². The second-order valence-electron chi connectivity index (χ2n) is 4.04. The van der Waals surface area contributed by atoms with Crippen molar-refractivity contribution in [2.75, 3.05) is 11.1 Å². The Morgan fingerprint density at radius 1 is 1.18 bits per heavy atom. The summed E-state index contributed by atoms with van der Waals surface area (Å²) in [6.45, 7) is 4.54. The molecule has 0 fully saturated rings. The molecule has 0 saturated heterocycles. The van der Waals surface area contributed by atoms with E-state index in [1.807, 2.05) is 32.0 Å². The van der Waals surface area contributed by atoms with Crippen molar-refractivity contribution in [2.24, 2.45) is 0 Å². The van der Waals surface area contributed by atoms with Gasteiger partial charge in [0.05, 0.1) is 35.5 Å². The minimum atomic E-state index is 0.626. The second kappa shape index (κ2) is 4.82. The number of nitrogens with one attached hydrogen (secondary N) is 1. The fourth-order valence-corrected chi connectivity index (χ4v) is 1.53. The molecule has 17 heavy (non-hydrogen) atoms. The lowest BCUT2D eigenvalue weighted by Gasteiger charge is -2.10. The number of nitrogens with zero attached hydrogens (tertiary/aromatic N) is 2. The number of hydrogen-bond donors (Lipinski definition) is 2.